The quantitative estimate of drug-likeness (QED) is 0.499. The smallest absolute Gasteiger partial charge is 0.189 e. The van der Waals surface area contributed by atoms with Crippen LogP contribution < -0.4 is 11.1 Å². The molecule has 1 aromatic rings. The molecule has 0 aliphatic heterocycles. The summed E-state index contributed by atoms with van der Waals surface area (Å²) in [6.07, 6.45) is 3.91. The number of guanidine groups is 1. The van der Waals surface area contributed by atoms with E-state index in [0.29, 0.717) is 24.5 Å². The van der Waals surface area contributed by atoms with Crippen molar-refractivity contribution >= 4 is 17.6 Å². The van der Waals surface area contributed by atoms with Crippen LogP contribution in [0.5, 0.6) is 0 Å². The molecule has 3 N–H and O–H groups in total. The molecule has 0 spiro atoms. The van der Waals surface area contributed by atoms with Gasteiger partial charge in [0.2, 0.25) is 0 Å². The van der Waals surface area contributed by atoms with E-state index in [4.69, 9.17) is 17.3 Å². The number of nitrogens with two attached hydrogens (primary N) is 1. The minimum absolute atomic E-state index is 0.430. The van der Waals surface area contributed by atoms with Crippen LogP contribution in [-0.2, 0) is 0 Å². The van der Waals surface area contributed by atoms with Gasteiger partial charge in [-0.3, -0.25) is 0 Å². The zero-order valence-corrected chi connectivity index (χ0v) is 11.0. The third-order valence-corrected chi connectivity index (χ3v) is 3.47. The van der Waals surface area contributed by atoms with Gasteiger partial charge in [-0.2, -0.15) is 0 Å². The maximum absolute atomic E-state index is 5.87. The van der Waals surface area contributed by atoms with E-state index in [-0.39, 0.29) is 0 Å². The van der Waals surface area contributed by atoms with Crippen molar-refractivity contribution in [1.82, 2.24) is 5.32 Å². The highest BCUT2D eigenvalue weighted by molar-refractivity contribution is 6.30. The second-order valence-electron chi connectivity index (χ2n) is 4.58. The summed E-state index contributed by atoms with van der Waals surface area (Å²) in [7, 11) is 0. The largest absolute Gasteiger partial charge is 0.370 e. The Balaban J connectivity index is 1.80. The Bertz CT molecular complexity index is 433. The summed E-state index contributed by atoms with van der Waals surface area (Å²) in [6.45, 7) is 4.17. The number of nitrogens with zero attached hydrogens (tertiary/aromatic N) is 1. The number of hydrogen-bond donors (Lipinski definition) is 2. The van der Waals surface area contributed by atoms with Gasteiger partial charge in [-0.05, 0) is 36.5 Å². The Morgan fingerprint density at radius 2 is 2.11 bits per heavy atom. The van der Waals surface area contributed by atoms with Crippen LogP contribution in [0.15, 0.2) is 41.9 Å². The normalized spacial score (nSPS) is 23.3. The highest BCUT2D eigenvalue weighted by Crippen LogP contribution is 2.37. The lowest BCUT2D eigenvalue weighted by molar-refractivity contribution is 0.323. The second-order valence-corrected chi connectivity index (χ2v) is 5.01. The minimum atomic E-state index is 0.430. The molecule has 1 fully saturated rings. The van der Waals surface area contributed by atoms with E-state index in [9.17, 15) is 0 Å². The standard InChI is InChI=1S/C14H18ClN3/c1-2-7-17-14(16)18-13-8-11(9-13)10-3-5-12(15)6-4-10/h2-6,11,13H,1,7-9H2,(H3,16,17,18). The Morgan fingerprint density at radius 1 is 1.44 bits per heavy atom. The highest BCUT2D eigenvalue weighted by atomic mass is 35.5. The molecule has 1 aliphatic carbocycles. The van der Waals surface area contributed by atoms with E-state index in [1.807, 2.05) is 12.1 Å². The summed E-state index contributed by atoms with van der Waals surface area (Å²) < 4.78 is 0. The molecule has 1 saturated carbocycles. The summed E-state index contributed by atoms with van der Waals surface area (Å²) in [6, 6.07) is 8.51. The lowest BCUT2D eigenvalue weighted by Gasteiger charge is -2.36. The zero-order chi connectivity index (χ0) is 13.0. The summed E-state index contributed by atoms with van der Waals surface area (Å²) in [5.74, 6) is 1.11. The fourth-order valence-corrected chi connectivity index (χ4v) is 2.29. The molecule has 0 unspecified atom stereocenters. The Labute approximate surface area is 113 Å². The predicted octanol–water partition coefficient (Wildman–Crippen LogP) is 2.68. The van der Waals surface area contributed by atoms with Gasteiger partial charge in [-0.25, -0.2) is 4.99 Å². The van der Waals surface area contributed by atoms with E-state index in [1.54, 1.807) is 6.08 Å². The van der Waals surface area contributed by atoms with Gasteiger partial charge < -0.3 is 11.1 Å². The molecule has 2 rings (SSSR count). The first kappa shape index (κ1) is 13.0. The third kappa shape index (κ3) is 3.26. The van der Waals surface area contributed by atoms with Crippen LogP contribution in [0, 0.1) is 0 Å². The van der Waals surface area contributed by atoms with E-state index in [0.717, 1.165) is 17.9 Å². The van der Waals surface area contributed by atoms with Crippen LogP contribution >= 0.6 is 11.6 Å². The van der Waals surface area contributed by atoms with E-state index < -0.39 is 0 Å². The average molecular weight is 264 g/mol. The summed E-state index contributed by atoms with van der Waals surface area (Å²) >= 11 is 5.87. The summed E-state index contributed by atoms with van der Waals surface area (Å²) in [4.78, 5) is 4.12. The molecule has 1 aromatic carbocycles. The topological polar surface area (TPSA) is 50.4 Å². The molecule has 0 atom stereocenters. The molecule has 0 saturated heterocycles. The van der Waals surface area contributed by atoms with Crippen molar-refractivity contribution in [3.63, 3.8) is 0 Å². The molecular weight excluding hydrogens is 246 g/mol. The zero-order valence-electron chi connectivity index (χ0n) is 10.3. The van der Waals surface area contributed by atoms with Crippen LogP contribution in [0.4, 0.5) is 0 Å². The first-order chi connectivity index (χ1) is 8.69. The third-order valence-electron chi connectivity index (χ3n) is 3.22. The molecule has 0 aromatic heterocycles. The average Bonchev–Trinajstić information content (AvgIpc) is 2.32. The molecule has 96 valence electrons. The minimum Gasteiger partial charge on any atom is -0.370 e. The molecule has 18 heavy (non-hydrogen) atoms. The summed E-state index contributed by atoms with van der Waals surface area (Å²) in [5, 5.41) is 4.00. The van der Waals surface area contributed by atoms with Gasteiger partial charge in [0, 0.05) is 11.1 Å². The molecule has 0 amide bonds. The Hall–Kier alpha value is -1.48. The first-order valence-electron chi connectivity index (χ1n) is 6.12. The summed E-state index contributed by atoms with van der Waals surface area (Å²) in [5.41, 5.74) is 7.09. The van der Waals surface area contributed by atoms with Crippen molar-refractivity contribution in [2.45, 2.75) is 24.8 Å². The number of hydrogen-bond acceptors (Lipinski definition) is 1. The van der Waals surface area contributed by atoms with Gasteiger partial charge in [-0.1, -0.05) is 29.8 Å². The highest BCUT2D eigenvalue weighted by Gasteiger charge is 2.30. The number of halogens is 1. The van der Waals surface area contributed by atoms with Crippen molar-refractivity contribution in [2.75, 3.05) is 6.54 Å². The Morgan fingerprint density at radius 3 is 2.72 bits per heavy atom. The van der Waals surface area contributed by atoms with Crippen molar-refractivity contribution in [1.29, 1.82) is 0 Å². The second kappa shape index (κ2) is 5.91. The van der Waals surface area contributed by atoms with Crippen LogP contribution in [0.1, 0.15) is 24.3 Å². The van der Waals surface area contributed by atoms with E-state index >= 15 is 0 Å². The van der Waals surface area contributed by atoms with E-state index in [1.165, 1.54) is 5.56 Å². The van der Waals surface area contributed by atoms with Crippen molar-refractivity contribution in [3.05, 3.63) is 47.5 Å². The van der Waals surface area contributed by atoms with E-state index in [2.05, 4.69) is 29.0 Å². The number of nitrogens with one attached hydrogen (secondary N) is 1. The molecule has 0 heterocycles. The molecular formula is C14H18ClN3. The maximum Gasteiger partial charge on any atom is 0.189 e. The van der Waals surface area contributed by atoms with Gasteiger partial charge in [0.15, 0.2) is 5.96 Å². The van der Waals surface area contributed by atoms with Gasteiger partial charge in [0.25, 0.3) is 0 Å². The van der Waals surface area contributed by atoms with Gasteiger partial charge in [0.1, 0.15) is 0 Å². The van der Waals surface area contributed by atoms with Crippen molar-refractivity contribution < 1.29 is 0 Å². The lowest BCUT2D eigenvalue weighted by atomic mass is 9.76. The Kier molecular flexibility index (Phi) is 4.26. The van der Waals surface area contributed by atoms with Crippen LogP contribution in [0.25, 0.3) is 0 Å². The number of benzene rings is 1. The van der Waals surface area contributed by atoms with Crippen LogP contribution in [0.3, 0.4) is 0 Å². The molecule has 3 nitrogen and oxygen atoms in total. The lowest BCUT2D eigenvalue weighted by Crippen LogP contribution is -2.46. The molecule has 4 heteroatoms. The number of aliphatic imine (C=N–C) groups is 1. The number of rotatable bonds is 4. The van der Waals surface area contributed by atoms with Gasteiger partial charge in [-0.15, -0.1) is 6.58 Å². The maximum atomic E-state index is 5.87. The fourth-order valence-electron chi connectivity index (χ4n) is 2.16. The van der Waals surface area contributed by atoms with Crippen LogP contribution in [-0.4, -0.2) is 18.5 Å². The van der Waals surface area contributed by atoms with Gasteiger partial charge in [0.05, 0.1) is 6.54 Å². The molecule has 1 aliphatic rings. The van der Waals surface area contributed by atoms with Gasteiger partial charge >= 0.3 is 0 Å². The van der Waals surface area contributed by atoms with Crippen molar-refractivity contribution in [3.8, 4) is 0 Å². The van der Waals surface area contributed by atoms with Crippen LogP contribution in [0.2, 0.25) is 5.02 Å². The molecule has 0 radical (unpaired) electrons. The molecule has 0 bridgehead atoms. The predicted molar refractivity (Wildman–Crippen MR) is 77.0 cm³/mol. The first-order valence-corrected chi connectivity index (χ1v) is 6.49. The fraction of sp³-hybridized carbons (Fsp3) is 0.357. The SMILES string of the molecule is C=CCN=C(N)NC1CC(c2ccc(Cl)cc2)C1. The monoisotopic (exact) mass is 263 g/mol. The van der Waals surface area contributed by atoms with Crippen molar-refractivity contribution in [2.24, 2.45) is 10.7 Å².